The topological polar surface area (TPSA) is 75.6 Å². The van der Waals surface area contributed by atoms with Crippen LogP contribution < -0.4 is 4.72 Å². The number of ketones is 1. The zero-order valence-electron chi connectivity index (χ0n) is 12.1. The second kappa shape index (κ2) is 6.18. The molecule has 0 aromatic heterocycles. The molecule has 6 heteroatoms. The van der Waals surface area contributed by atoms with Crippen molar-refractivity contribution in [1.82, 2.24) is 0 Å². The van der Waals surface area contributed by atoms with Crippen LogP contribution >= 0.6 is 0 Å². The quantitative estimate of drug-likeness (QED) is 0.858. The molecule has 1 aliphatic heterocycles. The van der Waals surface area contributed by atoms with Crippen molar-refractivity contribution in [2.75, 3.05) is 11.3 Å². The molecule has 23 heavy (non-hydrogen) atoms. The first-order valence-electron chi connectivity index (χ1n) is 7.00. The van der Waals surface area contributed by atoms with Crippen LogP contribution in [-0.2, 0) is 10.0 Å². The largest absolute Gasteiger partial charge is 0.287 e. The van der Waals surface area contributed by atoms with E-state index in [-0.39, 0.29) is 21.9 Å². The summed E-state index contributed by atoms with van der Waals surface area (Å²) in [6.45, 7) is 0.471. The van der Waals surface area contributed by atoms with E-state index in [4.69, 9.17) is 0 Å². The lowest BCUT2D eigenvalue weighted by Crippen LogP contribution is -2.18. The van der Waals surface area contributed by atoms with E-state index in [2.05, 4.69) is 9.71 Å². The van der Waals surface area contributed by atoms with E-state index in [1.54, 1.807) is 54.6 Å². The summed E-state index contributed by atoms with van der Waals surface area (Å²) in [5.41, 5.74) is 0.845. The first-order chi connectivity index (χ1) is 11.1. The lowest BCUT2D eigenvalue weighted by Gasteiger charge is -2.11. The summed E-state index contributed by atoms with van der Waals surface area (Å²) in [5.74, 6) is -0.301. The Bertz CT molecular complexity index is 900. The van der Waals surface area contributed by atoms with Crippen molar-refractivity contribution in [2.45, 2.75) is 4.90 Å². The number of benzene rings is 2. The predicted molar refractivity (Wildman–Crippen MR) is 89.5 cm³/mol. The molecular weight excluding hydrogens is 312 g/mol. The maximum Gasteiger partial charge on any atom is 0.261 e. The molecule has 1 N–H and O–H groups in total. The van der Waals surface area contributed by atoms with Crippen LogP contribution in [0.3, 0.4) is 0 Å². The molecule has 1 heterocycles. The number of sulfonamides is 1. The van der Waals surface area contributed by atoms with Gasteiger partial charge in [-0.25, -0.2) is 8.42 Å². The minimum Gasteiger partial charge on any atom is -0.287 e. The second-order valence-corrected chi connectivity index (χ2v) is 6.60. The summed E-state index contributed by atoms with van der Waals surface area (Å²) < 4.78 is 27.3. The minimum atomic E-state index is -3.75. The van der Waals surface area contributed by atoms with Crippen LogP contribution in [0.25, 0.3) is 0 Å². The lowest BCUT2D eigenvalue weighted by molar-refractivity contribution is 0.106. The average Bonchev–Trinajstić information content (AvgIpc) is 3.10. The summed E-state index contributed by atoms with van der Waals surface area (Å²) in [6.07, 6.45) is 3.43. The average molecular weight is 326 g/mol. The van der Waals surface area contributed by atoms with Crippen LogP contribution in [0.4, 0.5) is 5.69 Å². The lowest BCUT2D eigenvalue weighted by atomic mass is 10.1. The highest BCUT2D eigenvalue weighted by Crippen LogP contribution is 2.21. The van der Waals surface area contributed by atoms with Gasteiger partial charge in [-0.05, 0) is 30.3 Å². The molecule has 0 spiro atoms. The highest BCUT2D eigenvalue weighted by Gasteiger charge is 2.20. The molecule has 0 radical (unpaired) electrons. The molecule has 0 amide bonds. The van der Waals surface area contributed by atoms with E-state index in [1.165, 1.54) is 12.1 Å². The normalized spacial score (nSPS) is 13.7. The van der Waals surface area contributed by atoms with Gasteiger partial charge in [-0.2, -0.15) is 0 Å². The van der Waals surface area contributed by atoms with Crippen molar-refractivity contribution in [2.24, 2.45) is 4.99 Å². The van der Waals surface area contributed by atoms with Crippen molar-refractivity contribution in [3.63, 3.8) is 0 Å². The smallest absolute Gasteiger partial charge is 0.261 e. The highest BCUT2D eigenvalue weighted by atomic mass is 32.2. The summed E-state index contributed by atoms with van der Waals surface area (Å²) in [4.78, 5) is 16.7. The third-order valence-corrected chi connectivity index (χ3v) is 4.73. The Morgan fingerprint density at radius 2 is 1.70 bits per heavy atom. The standard InChI is InChI=1S/C17H14N2O3S/c20-17(16-11-6-12-18-16)14-9-4-5-10-15(14)19-23(21,22)13-7-2-1-3-8-13/h1-11,19H,12H2. The number of nitrogens with one attached hydrogen (secondary N) is 1. The number of para-hydroxylation sites is 1. The van der Waals surface area contributed by atoms with Crippen LogP contribution in [0.1, 0.15) is 10.4 Å². The van der Waals surface area contributed by atoms with Crippen molar-refractivity contribution >= 4 is 27.2 Å². The molecule has 0 atom stereocenters. The molecule has 0 bridgehead atoms. The molecule has 0 saturated heterocycles. The summed E-state index contributed by atoms with van der Waals surface area (Å²) in [6, 6.07) is 14.5. The molecule has 3 rings (SSSR count). The number of carbonyl (C=O) groups is 1. The van der Waals surface area contributed by atoms with Crippen LogP contribution in [0.2, 0.25) is 0 Å². The fourth-order valence-corrected chi connectivity index (χ4v) is 3.33. The number of nitrogens with zero attached hydrogens (tertiary/aromatic N) is 1. The third kappa shape index (κ3) is 3.22. The molecule has 0 unspecified atom stereocenters. The van der Waals surface area contributed by atoms with E-state index in [0.717, 1.165) is 0 Å². The second-order valence-electron chi connectivity index (χ2n) is 4.92. The van der Waals surface area contributed by atoms with E-state index >= 15 is 0 Å². The van der Waals surface area contributed by atoms with E-state index in [1.807, 2.05) is 0 Å². The number of allylic oxidation sites excluding steroid dienone is 1. The summed E-state index contributed by atoms with van der Waals surface area (Å²) >= 11 is 0. The summed E-state index contributed by atoms with van der Waals surface area (Å²) in [7, 11) is -3.75. The van der Waals surface area contributed by atoms with Crippen molar-refractivity contribution in [3.05, 3.63) is 72.3 Å². The molecule has 1 aliphatic rings. The molecule has 2 aromatic carbocycles. The van der Waals surface area contributed by atoms with Gasteiger partial charge in [0.25, 0.3) is 10.0 Å². The number of aliphatic imine (C=N–C) groups is 1. The van der Waals surface area contributed by atoms with Gasteiger partial charge < -0.3 is 0 Å². The molecule has 2 aromatic rings. The molecule has 116 valence electrons. The molecule has 0 saturated carbocycles. The van der Waals surface area contributed by atoms with Gasteiger partial charge in [-0.1, -0.05) is 36.4 Å². The van der Waals surface area contributed by atoms with E-state index < -0.39 is 10.0 Å². The van der Waals surface area contributed by atoms with Crippen molar-refractivity contribution < 1.29 is 13.2 Å². The maximum atomic E-state index is 12.5. The Labute approximate surface area is 134 Å². The van der Waals surface area contributed by atoms with Crippen LogP contribution in [-0.4, -0.2) is 26.5 Å². The van der Waals surface area contributed by atoms with Gasteiger partial charge >= 0.3 is 0 Å². The Hall–Kier alpha value is -2.73. The van der Waals surface area contributed by atoms with Crippen LogP contribution in [0.15, 0.2) is 76.6 Å². The van der Waals surface area contributed by atoms with Crippen molar-refractivity contribution in [1.29, 1.82) is 0 Å². The van der Waals surface area contributed by atoms with Gasteiger partial charge in [0.05, 0.1) is 17.1 Å². The Kier molecular flexibility index (Phi) is 4.08. The Balaban J connectivity index is 1.95. The monoisotopic (exact) mass is 326 g/mol. The number of Topliss-reactive ketones (excluding diaryl/α,β-unsaturated/α-hetero) is 1. The number of anilines is 1. The van der Waals surface area contributed by atoms with Gasteiger partial charge in [-0.15, -0.1) is 0 Å². The molecule has 0 fully saturated rings. The van der Waals surface area contributed by atoms with Gasteiger partial charge in [0.15, 0.2) is 0 Å². The highest BCUT2D eigenvalue weighted by molar-refractivity contribution is 7.92. The zero-order chi connectivity index (χ0) is 16.3. The molecule has 0 aliphatic carbocycles. The number of carbonyl (C=O) groups excluding carboxylic acids is 1. The molecular formula is C17H14N2O3S. The number of hydrogen-bond acceptors (Lipinski definition) is 4. The Morgan fingerprint density at radius 3 is 2.39 bits per heavy atom. The fourth-order valence-electron chi connectivity index (χ4n) is 2.23. The van der Waals surface area contributed by atoms with Gasteiger partial charge in [0.2, 0.25) is 5.78 Å². The van der Waals surface area contributed by atoms with Crippen LogP contribution in [0.5, 0.6) is 0 Å². The predicted octanol–water partition coefficient (Wildman–Crippen LogP) is 2.68. The maximum absolute atomic E-state index is 12.5. The van der Waals surface area contributed by atoms with E-state index in [9.17, 15) is 13.2 Å². The van der Waals surface area contributed by atoms with Gasteiger partial charge in [-0.3, -0.25) is 14.5 Å². The number of rotatable bonds is 5. The van der Waals surface area contributed by atoms with Gasteiger partial charge in [0, 0.05) is 5.56 Å². The minimum absolute atomic E-state index is 0.139. The first-order valence-corrected chi connectivity index (χ1v) is 8.49. The van der Waals surface area contributed by atoms with Crippen molar-refractivity contribution in [3.8, 4) is 0 Å². The number of hydrogen-bond donors (Lipinski definition) is 1. The zero-order valence-corrected chi connectivity index (χ0v) is 13.0. The van der Waals surface area contributed by atoms with Gasteiger partial charge in [0.1, 0.15) is 5.71 Å². The SMILES string of the molecule is O=C(C1=NCC=C1)c1ccccc1NS(=O)(=O)c1ccccc1. The summed E-state index contributed by atoms with van der Waals surface area (Å²) in [5, 5.41) is 0. The Morgan fingerprint density at radius 1 is 1.00 bits per heavy atom. The third-order valence-electron chi connectivity index (χ3n) is 3.34. The van der Waals surface area contributed by atoms with Crippen LogP contribution in [0, 0.1) is 0 Å². The fraction of sp³-hybridized carbons (Fsp3) is 0.0588. The first kappa shape index (κ1) is 15.2. The molecule has 5 nitrogen and oxygen atoms in total. The van der Waals surface area contributed by atoms with E-state index in [0.29, 0.717) is 12.3 Å².